The first-order valence-corrected chi connectivity index (χ1v) is 9.08. The van der Waals surface area contributed by atoms with Crippen LogP contribution in [0.1, 0.15) is 12.0 Å². The minimum absolute atomic E-state index is 0.0368. The number of carbonyl (C=O) groups excluding carboxylic acids is 1. The molecule has 0 unspecified atom stereocenters. The van der Waals surface area contributed by atoms with Gasteiger partial charge in [-0.25, -0.2) is 8.42 Å². The molecule has 0 aliphatic carbocycles. The summed E-state index contributed by atoms with van der Waals surface area (Å²) in [5.74, 6) is 0.611. The molecule has 2 rings (SSSR count). The summed E-state index contributed by atoms with van der Waals surface area (Å²) in [6.07, 6.45) is -0.0846. The molecule has 0 heterocycles. The molecular weight excluding hydrogens is 350 g/mol. The number of methoxy groups -OCH3 is 1. The monoisotopic (exact) mass is 367 g/mol. The molecule has 2 aromatic carbocycles. The SMILES string of the molecule is COc1ccc(N(CCC(=O)Cl)S(=O)(=O)c2ccc(C)cc2)cc1. The summed E-state index contributed by atoms with van der Waals surface area (Å²) in [6, 6.07) is 13.1. The van der Waals surface area contributed by atoms with E-state index < -0.39 is 15.3 Å². The molecule has 128 valence electrons. The normalized spacial score (nSPS) is 11.1. The van der Waals surface area contributed by atoms with Crippen LogP contribution in [-0.2, 0) is 14.8 Å². The topological polar surface area (TPSA) is 63.7 Å². The van der Waals surface area contributed by atoms with Gasteiger partial charge >= 0.3 is 0 Å². The molecular formula is C17H18ClNO4S. The molecule has 0 saturated carbocycles. The van der Waals surface area contributed by atoms with Gasteiger partial charge in [0.25, 0.3) is 10.0 Å². The van der Waals surface area contributed by atoms with E-state index in [1.165, 1.54) is 11.4 Å². The summed E-state index contributed by atoms with van der Waals surface area (Å²) in [7, 11) is -2.27. The standard InChI is InChI=1S/C17H18ClNO4S/c1-13-3-9-16(10-4-13)24(21,22)19(12-11-17(18)20)14-5-7-15(23-2)8-6-14/h3-10H,11-12H2,1-2H3. The zero-order chi connectivity index (χ0) is 17.7. The van der Waals surface area contributed by atoms with Crippen molar-refractivity contribution < 1.29 is 17.9 Å². The highest BCUT2D eigenvalue weighted by atomic mass is 35.5. The third kappa shape index (κ3) is 4.27. The van der Waals surface area contributed by atoms with Crippen molar-refractivity contribution in [3.63, 3.8) is 0 Å². The van der Waals surface area contributed by atoms with Crippen molar-refractivity contribution in [1.82, 2.24) is 0 Å². The first-order chi connectivity index (χ1) is 11.3. The van der Waals surface area contributed by atoms with E-state index >= 15 is 0 Å². The number of halogens is 1. The van der Waals surface area contributed by atoms with E-state index in [4.69, 9.17) is 16.3 Å². The quantitative estimate of drug-likeness (QED) is 0.704. The molecule has 0 spiro atoms. The van der Waals surface area contributed by atoms with Gasteiger partial charge in [0.15, 0.2) is 0 Å². The van der Waals surface area contributed by atoms with Gasteiger partial charge in [-0.05, 0) is 54.9 Å². The number of hydrogen-bond acceptors (Lipinski definition) is 4. The maximum absolute atomic E-state index is 13.0. The highest BCUT2D eigenvalue weighted by Crippen LogP contribution is 2.26. The second-order valence-corrected chi connectivity index (χ2v) is 7.48. The van der Waals surface area contributed by atoms with Crippen LogP contribution in [0, 0.1) is 6.92 Å². The Hall–Kier alpha value is -2.05. The van der Waals surface area contributed by atoms with Crippen LogP contribution in [0.3, 0.4) is 0 Å². The Labute approximate surface area is 146 Å². The number of sulfonamides is 1. The van der Waals surface area contributed by atoms with Gasteiger partial charge in [0.05, 0.1) is 17.7 Å². The second kappa shape index (κ2) is 7.68. The van der Waals surface area contributed by atoms with Crippen LogP contribution in [0.2, 0.25) is 0 Å². The molecule has 0 aliphatic heterocycles. The molecule has 0 radical (unpaired) electrons. The maximum Gasteiger partial charge on any atom is 0.264 e. The van der Waals surface area contributed by atoms with Crippen molar-refractivity contribution in [3.8, 4) is 5.75 Å². The van der Waals surface area contributed by atoms with Gasteiger partial charge in [-0.15, -0.1) is 0 Å². The summed E-state index contributed by atoms with van der Waals surface area (Å²) in [5.41, 5.74) is 1.40. The van der Waals surface area contributed by atoms with Gasteiger partial charge < -0.3 is 4.74 Å². The molecule has 7 heteroatoms. The number of ether oxygens (including phenoxy) is 1. The first-order valence-electron chi connectivity index (χ1n) is 7.26. The van der Waals surface area contributed by atoms with E-state index in [2.05, 4.69) is 0 Å². The van der Waals surface area contributed by atoms with Crippen LogP contribution in [0.5, 0.6) is 5.75 Å². The predicted molar refractivity (Wildman–Crippen MR) is 94.2 cm³/mol. The molecule has 0 saturated heterocycles. The number of aryl methyl sites for hydroxylation is 1. The summed E-state index contributed by atoms with van der Waals surface area (Å²) in [6.45, 7) is 1.84. The fraction of sp³-hybridized carbons (Fsp3) is 0.235. The van der Waals surface area contributed by atoms with Crippen LogP contribution in [0.25, 0.3) is 0 Å². The van der Waals surface area contributed by atoms with Gasteiger partial charge in [0, 0.05) is 13.0 Å². The second-order valence-electron chi connectivity index (χ2n) is 5.19. The lowest BCUT2D eigenvalue weighted by Crippen LogP contribution is -2.32. The number of rotatable bonds is 7. The third-order valence-corrected chi connectivity index (χ3v) is 5.51. The van der Waals surface area contributed by atoms with Crippen molar-refractivity contribution in [3.05, 3.63) is 54.1 Å². The molecule has 0 amide bonds. The van der Waals surface area contributed by atoms with E-state index in [1.54, 1.807) is 48.5 Å². The minimum atomic E-state index is -3.80. The molecule has 0 aliphatic rings. The molecule has 0 bridgehead atoms. The van der Waals surface area contributed by atoms with Gasteiger partial charge in [-0.1, -0.05) is 17.7 Å². The van der Waals surface area contributed by atoms with Crippen LogP contribution in [-0.4, -0.2) is 27.3 Å². The maximum atomic E-state index is 13.0. The Kier molecular flexibility index (Phi) is 5.85. The van der Waals surface area contributed by atoms with Gasteiger partial charge in [-0.3, -0.25) is 9.10 Å². The number of carbonyl (C=O) groups is 1. The lowest BCUT2D eigenvalue weighted by atomic mass is 10.2. The Morgan fingerprint density at radius 2 is 1.67 bits per heavy atom. The van der Waals surface area contributed by atoms with Crippen LogP contribution in [0.15, 0.2) is 53.4 Å². The van der Waals surface area contributed by atoms with Crippen LogP contribution in [0.4, 0.5) is 5.69 Å². The lowest BCUT2D eigenvalue weighted by molar-refractivity contribution is -0.111. The fourth-order valence-corrected chi connectivity index (χ4v) is 3.71. The average Bonchev–Trinajstić information content (AvgIpc) is 2.55. The zero-order valence-corrected chi connectivity index (χ0v) is 15.0. The highest BCUT2D eigenvalue weighted by molar-refractivity contribution is 7.92. The summed E-state index contributed by atoms with van der Waals surface area (Å²) >= 11 is 5.39. The fourth-order valence-electron chi connectivity index (χ4n) is 2.16. The summed E-state index contributed by atoms with van der Waals surface area (Å²) in [4.78, 5) is 11.3. The van der Waals surface area contributed by atoms with Gasteiger partial charge in [-0.2, -0.15) is 0 Å². The molecule has 0 fully saturated rings. The number of nitrogens with zero attached hydrogens (tertiary/aromatic N) is 1. The van der Waals surface area contributed by atoms with E-state index in [0.717, 1.165) is 5.56 Å². The largest absolute Gasteiger partial charge is 0.497 e. The number of benzene rings is 2. The van der Waals surface area contributed by atoms with E-state index in [-0.39, 0.29) is 17.9 Å². The van der Waals surface area contributed by atoms with Crippen molar-refractivity contribution in [1.29, 1.82) is 0 Å². The highest BCUT2D eigenvalue weighted by Gasteiger charge is 2.25. The van der Waals surface area contributed by atoms with Crippen molar-refractivity contribution in [2.75, 3.05) is 18.0 Å². The molecule has 24 heavy (non-hydrogen) atoms. The Morgan fingerprint density at radius 3 is 2.17 bits per heavy atom. The van der Waals surface area contributed by atoms with Gasteiger partial charge in [0.1, 0.15) is 5.75 Å². The number of hydrogen-bond donors (Lipinski definition) is 0. The zero-order valence-electron chi connectivity index (χ0n) is 13.4. The lowest BCUT2D eigenvalue weighted by Gasteiger charge is -2.24. The van der Waals surface area contributed by atoms with Crippen molar-refractivity contribution >= 4 is 32.6 Å². The van der Waals surface area contributed by atoms with Gasteiger partial charge in [0.2, 0.25) is 5.24 Å². The first kappa shape index (κ1) is 18.3. The number of anilines is 1. The van der Waals surface area contributed by atoms with Crippen LogP contribution < -0.4 is 9.04 Å². The van der Waals surface area contributed by atoms with E-state index in [1.807, 2.05) is 6.92 Å². The Morgan fingerprint density at radius 1 is 1.08 bits per heavy atom. The van der Waals surface area contributed by atoms with Crippen molar-refractivity contribution in [2.45, 2.75) is 18.2 Å². The van der Waals surface area contributed by atoms with E-state index in [0.29, 0.717) is 11.4 Å². The smallest absolute Gasteiger partial charge is 0.264 e. The molecule has 0 atom stereocenters. The van der Waals surface area contributed by atoms with Crippen molar-refractivity contribution in [2.24, 2.45) is 0 Å². The summed E-state index contributed by atoms with van der Waals surface area (Å²) < 4.78 is 32.2. The third-order valence-electron chi connectivity index (χ3n) is 3.48. The molecule has 0 N–H and O–H groups in total. The summed E-state index contributed by atoms with van der Waals surface area (Å²) in [5, 5.41) is -0.590. The minimum Gasteiger partial charge on any atom is -0.497 e. The molecule has 0 aromatic heterocycles. The Balaban J connectivity index is 2.43. The Bertz CT molecular complexity index is 801. The molecule has 2 aromatic rings. The van der Waals surface area contributed by atoms with Crippen LogP contribution >= 0.6 is 11.6 Å². The average molecular weight is 368 g/mol. The molecule has 5 nitrogen and oxygen atoms in total. The van der Waals surface area contributed by atoms with E-state index in [9.17, 15) is 13.2 Å². The predicted octanol–water partition coefficient (Wildman–Crippen LogP) is 3.35.